The van der Waals surface area contributed by atoms with E-state index < -0.39 is 4.92 Å². The third kappa shape index (κ3) is 3.95. The first kappa shape index (κ1) is 18.5. The number of hydrogen-bond donors (Lipinski definition) is 2. The monoisotopic (exact) mass is 368 g/mol. The third-order valence-corrected chi connectivity index (χ3v) is 4.47. The van der Waals surface area contributed by atoms with Crippen LogP contribution >= 0.6 is 0 Å². The highest BCUT2D eigenvalue weighted by Crippen LogP contribution is 2.23. The number of amides is 1. The lowest BCUT2D eigenvalue weighted by Crippen LogP contribution is -3.09. The molecule has 0 radical (unpaired) electrons. The molecule has 1 atom stereocenters. The second-order valence-electron chi connectivity index (χ2n) is 6.64. The van der Waals surface area contributed by atoms with E-state index in [1.165, 1.54) is 0 Å². The Hall–Kier alpha value is -3.26. The van der Waals surface area contributed by atoms with E-state index in [4.69, 9.17) is 0 Å². The van der Waals surface area contributed by atoms with Crippen LogP contribution in [-0.4, -0.2) is 34.2 Å². The van der Waals surface area contributed by atoms with Crippen LogP contribution in [0.3, 0.4) is 0 Å². The minimum atomic E-state index is -0.420. The van der Waals surface area contributed by atoms with Gasteiger partial charge in [0.2, 0.25) is 0 Å². The van der Waals surface area contributed by atoms with Crippen LogP contribution in [0.5, 0.6) is 0 Å². The van der Waals surface area contributed by atoms with Gasteiger partial charge in [0.1, 0.15) is 11.4 Å². The Morgan fingerprint density at radius 1 is 1.22 bits per heavy atom. The summed E-state index contributed by atoms with van der Waals surface area (Å²) in [5.41, 5.74) is 1.67. The van der Waals surface area contributed by atoms with E-state index in [2.05, 4.69) is 10.4 Å². The van der Waals surface area contributed by atoms with Gasteiger partial charge in [-0.05, 0) is 25.3 Å². The highest BCUT2D eigenvalue weighted by molar-refractivity contribution is 6.02. The third-order valence-electron chi connectivity index (χ3n) is 4.47. The molecule has 27 heavy (non-hydrogen) atoms. The SMILES string of the molecule is Cc1nn(C[NH+](C)CC(=O)Nc2cccc3ccccc23)c(C)c1[N+](=O)[O-]. The number of benzene rings is 2. The molecule has 0 aliphatic heterocycles. The van der Waals surface area contributed by atoms with Crippen molar-refractivity contribution in [3.8, 4) is 0 Å². The predicted octanol–water partition coefficient (Wildman–Crippen LogP) is 1.67. The molecule has 140 valence electrons. The molecule has 0 fully saturated rings. The van der Waals surface area contributed by atoms with Crippen LogP contribution in [0.25, 0.3) is 10.8 Å². The van der Waals surface area contributed by atoms with E-state index in [0.29, 0.717) is 18.1 Å². The van der Waals surface area contributed by atoms with Gasteiger partial charge < -0.3 is 10.2 Å². The molecule has 1 heterocycles. The lowest BCUT2D eigenvalue weighted by molar-refractivity contribution is -0.895. The molecule has 1 aromatic heterocycles. The summed E-state index contributed by atoms with van der Waals surface area (Å²) in [5, 5.41) is 20.3. The second-order valence-corrected chi connectivity index (χ2v) is 6.64. The molecule has 0 aliphatic carbocycles. The van der Waals surface area contributed by atoms with Crippen molar-refractivity contribution >= 4 is 28.1 Å². The molecule has 1 amide bonds. The summed E-state index contributed by atoms with van der Waals surface area (Å²) in [6.45, 7) is 3.87. The predicted molar refractivity (Wildman–Crippen MR) is 103 cm³/mol. The van der Waals surface area contributed by atoms with Gasteiger partial charge >= 0.3 is 5.69 Å². The van der Waals surface area contributed by atoms with Crippen LogP contribution in [0.15, 0.2) is 42.5 Å². The number of nitro groups is 1. The normalized spacial score (nSPS) is 12.1. The number of anilines is 1. The van der Waals surface area contributed by atoms with Gasteiger partial charge in [-0.2, -0.15) is 5.10 Å². The summed E-state index contributed by atoms with van der Waals surface area (Å²) in [6, 6.07) is 13.6. The number of quaternary nitrogens is 1. The van der Waals surface area contributed by atoms with Crippen molar-refractivity contribution in [2.24, 2.45) is 0 Å². The average molecular weight is 368 g/mol. The lowest BCUT2D eigenvalue weighted by atomic mass is 10.1. The van der Waals surface area contributed by atoms with Crippen molar-refractivity contribution in [1.29, 1.82) is 0 Å². The van der Waals surface area contributed by atoms with Gasteiger partial charge in [0.05, 0.1) is 12.0 Å². The number of carbonyl (C=O) groups excluding carboxylic acids is 1. The minimum absolute atomic E-state index is 0.0306. The van der Waals surface area contributed by atoms with Crippen molar-refractivity contribution in [2.45, 2.75) is 20.5 Å². The number of nitrogens with one attached hydrogen (secondary N) is 2. The molecular weight excluding hydrogens is 346 g/mol. The molecule has 0 saturated heterocycles. The summed E-state index contributed by atoms with van der Waals surface area (Å²) >= 11 is 0. The van der Waals surface area contributed by atoms with Crippen LogP contribution in [0.4, 0.5) is 11.4 Å². The molecular formula is C19H22N5O3+. The quantitative estimate of drug-likeness (QED) is 0.511. The van der Waals surface area contributed by atoms with Crippen LogP contribution in [0.1, 0.15) is 11.4 Å². The number of aromatic nitrogens is 2. The van der Waals surface area contributed by atoms with Crippen LogP contribution < -0.4 is 10.2 Å². The van der Waals surface area contributed by atoms with Crippen molar-refractivity contribution in [2.75, 3.05) is 18.9 Å². The highest BCUT2D eigenvalue weighted by Gasteiger charge is 2.23. The maximum atomic E-state index is 12.5. The van der Waals surface area contributed by atoms with Crippen molar-refractivity contribution in [3.63, 3.8) is 0 Å². The molecule has 2 N–H and O–H groups in total. The largest absolute Gasteiger partial charge is 0.321 e. The van der Waals surface area contributed by atoms with Gasteiger partial charge in [-0.25, -0.2) is 4.68 Å². The van der Waals surface area contributed by atoms with Gasteiger partial charge in [0, 0.05) is 11.1 Å². The van der Waals surface area contributed by atoms with E-state index in [9.17, 15) is 14.9 Å². The van der Waals surface area contributed by atoms with Crippen molar-refractivity contribution < 1.29 is 14.6 Å². The highest BCUT2D eigenvalue weighted by atomic mass is 16.6. The topological polar surface area (TPSA) is 94.5 Å². The molecule has 8 nitrogen and oxygen atoms in total. The fraction of sp³-hybridized carbons (Fsp3) is 0.263. The summed E-state index contributed by atoms with van der Waals surface area (Å²) in [6.07, 6.45) is 0. The summed E-state index contributed by atoms with van der Waals surface area (Å²) in [5.74, 6) is -0.125. The Morgan fingerprint density at radius 2 is 1.93 bits per heavy atom. The Morgan fingerprint density at radius 3 is 2.63 bits per heavy atom. The Labute approximate surface area is 156 Å². The molecule has 1 unspecified atom stereocenters. The van der Waals surface area contributed by atoms with Gasteiger partial charge in [0.15, 0.2) is 13.2 Å². The van der Waals surface area contributed by atoms with Gasteiger partial charge in [-0.1, -0.05) is 36.4 Å². The van der Waals surface area contributed by atoms with E-state index >= 15 is 0 Å². The number of fused-ring (bicyclic) bond motifs is 1. The van der Waals surface area contributed by atoms with Crippen LogP contribution in [0, 0.1) is 24.0 Å². The van der Waals surface area contributed by atoms with Gasteiger partial charge in [-0.3, -0.25) is 14.9 Å². The first-order chi connectivity index (χ1) is 12.9. The van der Waals surface area contributed by atoms with E-state index in [0.717, 1.165) is 21.4 Å². The summed E-state index contributed by atoms with van der Waals surface area (Å²) in [7, 11) is 1.85. The van der Waals surface area contributed by atoms with E-state index in [1.54, 1.807) is 18.5 Å². The summed E-state index contributed by atoms with van der Waals surface area (Å²) < 4.78 is 1.58. The zero-order valence-electron chi connectivity index (χ0n) is 15.5. The zero-order chi connectivity index (χ0) is 19.6. The smallest absolute Gasteiger partial charge is 0.312 e. The second kappa shape index (κ2) is 7.55. The van der Waals surface area contributed by atoms with Gasteiger partial charge in [-0.15, -0.1) is 0 Å². The Kier molecular flexibility index (Phi) is 5.18. The minimum Gasteiger partial charge on any atom is -0.321 e. The Bertz CT molecular complexity index is 1010. The number of likely N-dealkylation sites (N-methyl/N-ethyl adjacent to an activating group) is 1. The molecule has 0 spiro atoms. The van der Waals surface area contributed by atoms with Crippen molar-refractivity contribution in [3.05, 3.63) is 64.0 Å². The number of carbonyl (C=O) groups is 1. The number of aryl methyl sites for hydroxylation is 1. The van der Waals surface area contributed by atoms with Crippen molar-refractivity contribution in [1.82, 2.24) is 9.78 Å². The molecule has 0 aliphatic rings. The maximum absolute atomic E-state index is 12.5. The molecule has 3 aromatic rings. The molecule has 0 bridgehead atoms. The Balaban J connectivity index is 1.68. The number of nitrogens with zero attached hydrogens (tertiary/aromatic N) is 3. The van der Waals surface area contributed by atoms with E-state index in [-0.39, 0.29) is 18.1 Å². The molecule has 8 heteroatoms. The standard InChI is InChI=1S/C19H21N5O3/c1-13-19(24(26)27)14(2)23(21-13)12-22(3)11-18(25)20-17-10-6-8-15-7-4-5-9-16(15)17/h4-10H,11-12H2,1-3H3,(H,20,25)/p+1. The number of hydrogen-bond acceptors (Lipinski definition) is 4. The fourth-order valence-electron chi connectivity index (χ4n) is 3.22. The zero-order valence-corrected chi connectivity index (χ0v) is 15.5. The van der Waals surface area contributed by atoms with E-state index in [1.807, 2.05) is 49.5 Å². The molecule has 2 aromatic carbocycles. The number of rotatable bonds is 6. The molecule has 3 rings (SSSR count). The van der Waals surface area contributed by atoms with Crippen LogP contribution in [-0.2, 0) is 11.5 Å². The van der Waals surface area contributed by atoms with Gasteiger partial charge in [0.25, 0.3) is 5.91 Å². The average Bonchev–Trinajstić information content (AvgIpc) is 2.88. The first-order valence-electron chi connectivity index (χ1n) is 8.64. The van der Waals surface area contributed by atoms with Crippen LogP contribution in [0.2, 0.25) is 0 Å². The maximum Gasteiger partial charge on any atom is 0.312 e. The molecule has 0 saturated carbocycles. The lowest BCUT2D eigenvalue weighted by Gasteiger charge is -2.15. The first-order valence-corrected chi connectivity index (χ1v) is 8.64. The summed E-state index contributed by atoms with van der Waals surface area (Å²) in [4.78, 5) is 24.0. The fourth-order valence-corrected chi connectivity index (χ4v) is 3.22.